The topological polar surface area (TPSA) is 152 Å². The molecule has 3 aromatic rings. The van der Waals surface area contributed by atoms with E-state index in [4.69, 9.17) is 5.73 Å². The van der Waals surface area contributed by atoms with Gasteiger partial charge < -0.3 is 10.8 Å². The molecule has 192 valence electrons. The predicted octanol–water partition coefficient (Wildman–Crippen LogP) is 4.83. The van der Waals surface area contributed by atoms with Crippen LogP contribution < -0.4 is 5.73 Å². The average Bonchev–Trinajstić information content (AvgIpc) is 2.88. The molecule has 3 N–H and O–H groups in total. The van der Waals surface area contributed by atoms with Crippen LogP contribution in [0.15, 0.2) is 68.6 Å². The number of rotatable bonds is 7. The van der Waals surface area contributed by atoms with Crippen molar-refractivity contribution in [1.82, 2.24) is 4.31 Å². The third kappa shape index (κ3) is 4.94. The van der Waals surface area contributed by atoms with E-state index in [1.807, 2.05) is 0 Å². The van der Waals surface area contributed by atoms with Gasteiger partial charge in [-0.15, -0.1) is 10.2 Å². The number of fused-ring (bicyclic) bond motifs is 1. The summed E-state index contributed by atoms with van der Waals surface area (Å²) in [7, 11) is -5.27. The van der Waals surface area contributed by atoms with Crippen molar-refractivity contribution in [3.63, 3.8) is 0 Å². The van der Waals surface area contributed by atoms with E-state index in [-0.39, 0.29) is 44.0 Å². The molecule has 0 unspecified atom stereocenters. The van der Waals surface area contributed by atoms with Crippen molar-refractivity contribution in [1.29, 1.82) is 0 Å². The zero-order chi connectivity index (χ0) is 26.1. The molecule has 0 spiro atoms. The van der Waals surface area contributed by atoms with Gasteiger partial charge in [0.1, 0.15) is 22.0 Å². The van der Waals surface area contributed by atoms with Crippen LogP contribution in [0, 0.1) is 0 Å². The number of azo groups is 1. The third-order valence-corrected chi connectivity index (χ3v) is 9.66. The Kier molecular flexibility index (Phi) is 7.32. The zero-order valence-electron chi connectivity index (χ0n) is 20.0. The summed E-state index contributed by atoms with van der Waals surface area (Å²) in [6, 6.07) is 11.6. The molecule has 0 radical (unpaired) electrons. The SMILES string of the molecule is COS(=O)(=O)c1cc(O)c2c(N=Nc3ccccc3S(=O)(=O)N(C)C3CCCCC3)c(N)ccc2c1. The molecule has 4 rings (SSSR count). The lowest BCUT2D eigenvalue weighted by Gasteiger charge is -2.30. The van der Waals surface area contributed by atoms with Gasteiger partial charge in [0, 0.05) is 19.2 Å². The summed E-state index contributed by atoms with van der Waals surface area (Å²) in [6.07, 6.45) is 4.71. The zero-order valence-corrected chi connectivity index (χ0v) is 21.6. The first-order valence-electron chi connectivity index (χ1n) is 11.4. The van der Waals surface area contributed by atoms with Crippen molar-refractivity contribution in [3.05, 3.63) is 48.5 Å². The van der Waals surface area contributed by atoms with Gasteiger partial charge >= 0.3 is 0 Å². The minimum Gasteiger partial charge on any atom is -0.507 e. The Morgan fingerprint density at radius 2 is 1.69 bits per heavy atom. The maximum atomic E-state index is 13.4. The van der Waals surface area contributed by atoms with Crippen LogP contribution in [0.1, 0.15) is 32.1 Å². The first-order valence-corrected chi connectivity index (χ1v) is 14.3. The Hall–Kier alpha value is -3.06. The van der Waals surface area contributed by atoms with Gasteiger partial charge in [-0.2, -0.15) is 12.7 Å². The molecular weight excluding hydrogens is 504 g/mol. The van der Waals surface area contributed by atoms with Gasteiger partial charge in [-0.3, -0.25) is 4.18 Å². The Morgan fingerprint density at radius 3 is 2.39 bits per heavy atom. The Morgan fingerprint density at radius 1 is 1.00 bits per heavy atom. The largest absolute Gasteiger partial charge is 0.507 e. The van der Waals surface area contributed by atoms with Crippen LogP contribution in [-0.2, 0) is 24.3 Å². The fourth-order valence-corrected chi connectivity index (χ4v) is 6.68. The fourth-order valence-electron chi connectivity index (χ4n) is 4.42. The van der Waals surface area contributed by atoms with E-state index in [0.29, 0.717) is 5.39 Å². The van der Waals surface area contributed by atoms with Crippen molar-refractivity contribution < 1.29 is 26.1 Å². The van der Waals surface area contributed by atoms with E-state index < -0.39 is 20.1 Å². The number of nitrogen functional groups attached to an aromatic ring is 1. The van der Waals surface area contributed by atoms with E-state index in [1.165, 1.54) is 34.6 Å². The molecule has 0 aliphatic heterocycles. The normalized spacial score (nSPS) is 15.8. The number of aromatic hydroxyl groups is 1. The maximum Gasteiger partial charge on any atom is 0.296 e. The molecule has 0 atom stereocenters. The number of nitrogens with zero attached hydrogens (tertiary/aromatic N) is 3. The van der Waals surface area contributed by atoms with Crippen LogP contribution in [0.25, 0.3) is 10.8 Å². The summed E-state index contributed by atoms with van der Waals surface area (Å²) >= 11 is 0. The molecule has 36 heavy (non-hydrogen) atoms. The molecule has 10 nitrogen and oxygen atoms in total. The van der Waals surface area contributed by atoms with Gasteiger partial charge in [-0.05, 0) is 42.5 Å². The standard InChI is InChI=1S/C24H28N4O6S2/c1-28(17-8-4-3-5-9-17)35(30,31)22-11-7-6-10-20(22)26-27-24-19(25)13-12-16-14-18(36(32,33)34-2)15-21(29)23(16)24/h6-7,10-15,17,29H,3-5,8-9,25H2,1-2H3. The van der Waals surface area contributed by atoms with Crippen molar-refractivity contribution in [2.24, 2.45) is 10.2 Å². The quantitative estimate of drug-likeness (QED) is 0.251. The highest BCUT2D eigenvalue weighted by molar-refractivity contribution is 7.89. The minimum absolute atomic E-state index is 0.0123. The number of hydrogen-bond donors (Lipinski definition) is 2. The summed E-state index contributed by atoms with van der Waals surface area (Å²) in [6.45, 7) is 0. The van der Waals surface area contributed by atoms with E-state index in [1.54, 1.807) is 19.2 Å². The highest BCUT2D eigenvalue weighted by atomic mass is 32.2. The second kappa shape index (κ2) is 10.1. The van der Waals surface area contributed by atoms with Crippen LogP contribution in [-0.4, -0.2) is 46.4 Å². The number of phenols is 1. The highest BCUT2D eigenvalue weighted by Gasteiger charge is 2.30. The number of benzene rings is 3. The Bertz CT molecular complexity index is 1530. The number of nitrogens with two attached hydrogens (primary N) is 1. The van der Waals surface area contributed by atoms with Crippen LogP contribution >= 0.6 is 0 Å². The molecule has 0 saturated heterocycles. The van der Waals surface area contributed by atoms with Crippen molar-refractivity contribution in [2.45, 2.75) is 47.9 Å². The second-order valence-corrected chi connectivity index (χ2v) is 12.3. The number of phenolic OH excluding ortho intramolecular Hbond substituents is 1. The number of sulfonamides is 1. The fraction of sp³-hybridized carbons (Fsp3) is 0.333. The molecule has 0 aromatic heterocycles. The Balaban J connectivity index is 1.77. The molecule has 1 aliphatic carbocycles. The van der Waals surface area contributed by atoms with E-state index >= 15 is 0 Å². The smallest absolute Gasteiger partial charge is 0.296 e. The van der Waals surface area contributed by atoms with Crippen LogP contribution in [0.4, 0.5) is 17.1 Å². The van der Waals surface area contributed by atoms with E-state index in [9.17, 15) is 21.9 Å². The van der Waals surface area contributed by atoms with E-state index in [0.717, 1.165) is 45.3 Å². The van der Waals surface area contributed by atoms with Crippen molar-refractivity contribution >= 4 is 48.0 Å². The lowest BCUT2D eigenvalue weighted by Crippen LogP contribution is -2.38. The van der Waals surface area contributed by atoms with Crippen molar-refractivity contribution in [2.75, 3.05) is 19.9 Å². The molecule has 3 aromatic carbocycles. The van der Waals surface area contributed by atoms with Gasteiger partial charge in [-0.1, -0.05) is 37.5 Å². The molecule has 0 heterocycles. The predicted molar refractivity (Wildman–Crippen MR) is 137 cm³/mol. The molecule has 1 aliphatic rings. The lowest BCUT2D eigenvalue weighted by atomic mass is 9.96. The van der Waals surface area contributed by atoms with Gasteiger partial charge in [0.15, 0.2) is 0 Å². The summed E-state index contributed by atoms with van der Waals surface area (Å²) in [5, 5.41) is 19.5. The summed E-state index contributed by atoms with van der Waals surface area (Å²) in [5.74, 6) is -0.387. The third-order valence-electron chi connectivity index (χ3n) is 6.45. The van der Waals surface area contributed by atoms with Gasteiger partial charge in [-0.25, -0.2) is 8.42 Å². The van der Waals surface area contributed by atoms with Crippen molar-refractivity contribution in [3.8, 4) is 5.75 Å². The molecule has 1 fully saturated rings. The monoisotopic (exact) mass is 532 g/mol. The van der Waals surface area contributed by atoms with Crippen LogP contribution in [0.3, 0.4) is 0 Å². The first-order chi connectivity index (χ1) is 17.1. The summed E-state index contributed by atoms with van der Waals surface area (Å²) in [5.41, 5.74) is 6.48. The van der Waals surface area contributed by atoms with Gasteiger partial charge in [0.05, 0.1) is 23.1 Å². The van der Waals surface area contributed by atoms with E-state index in [2.05, 4.69) is 14.4 Å². The average molecular weight is 533 g/mol. The number of anilines is 1. The maximum absolute atomic E-state index is 13.4. The molecule has 12 heteroatoms. The number of hydrogen-bond acceptors (Lipinski definition) is 9. The second-order valence-electron chi connectivity index (χ2n) is 8.65. The first kappa shape index (κ1) is 26.0. The van der Waals surface area contributed by atoms with Gasteiger partial charge in [0.2, 0.25) is 10.0 Å². The van der Waals surface area contributed by atoms with Crippen LogP contribution in [0.5, 0.6) is 5.75 Å². The van der Waals surface area contributed by atoms with Gasteiger partial charge in [0.25, 0.3) is 10.1 Å². The highest BCUT2D eigenvalue weighted by Crippen LogP contribution is 2.41. The minimum atomic E-state index is -4.05. The lowest BCUT2D eigenvalue weighted by molar-refractivity contribution is 0.286. The Labute approximate surface area is 210 Å². The molecular formula is C24H28N4O6S2. The molecule has 0 bridgehead atoms. The summed E-state index contributed by atoms with van der Waals surface area (Å²) < 4.78 is 57.0. The van der Waals surface area contributed by atoms with Crippen LogP contribution in [0.2, 0.25) is 0 Å². The molecule has 0 amide bonds. The molecule has 1 saturated carbocycles. The summed E-state index contributed by atoms with van der Waals surface area (Å²) in [4.78, 5) is -0.219.